The average molecular weight is 637 g/mol. The molecule has 0 aliphatic heterocycles. The van der Waals surface area contributed by atoms with Crippen LogP contribution in [0.2, 0.25) is 0 Å². The molecule has 0 spiro atoms. The van der Waals surface area contributed by atoms with E-state index in [0.29, 0.717) is 5.95 Å². The van der Waals surface area contributed by atoms with E-state index in [0.717, 1.165) is 44.3 Å². The van der Waals surface area contributed by atoms with Gasteiger partial charge in [0.25, 0.3) is 0 Å². The first-order valence-electron chi connectivity index (χ1n) is 17.0. The van der Waals surface area contributed by atoms with Gasteiger partial charge in [0.1, 0.15) is 0 Å². The zero-order valence-corrected chi connectivity index (χ0v) is 27.0. The Morgan fingerprint density at radius 3 is 1.58 bits per heavy atom. The van der Waals surface area contributed by atoms with E-state index in [1.165, 1.54) is 48.7 Å². The predicted molar refractivity (Wildman–Crippen MR) is 209 cm³/mol. The highest BCUT2D eigenvalue weighted by Crippen LogP contribution is 2.40. The highest BCUT2D eigenvalue weighted by atomic mass is 15.2. The molecule has 0 saturated carbocycles. The molecule has 11 rings (SSSR count). The van der Waals surface area contributed by atoms with Crippen LogP contribution < -0.4 is 0 Å². The van der Waals surface area contributed by atoms with Crippen LogP contribution in [0.1, 0.15) is 0 Å². The van der Waals surface area contributed by atoms with Crippen molar-refractivity contribution in [2.45, 2.75) is 0 Å². The summed E-state index contributed by atoms with van der Waals surface area (Å²) in [5, 5.41) is 10.7. The number of aromatic nitrogens is 4. The predicted octanol–water partition coefficient (Wildman–Crippen LogP) is 11.8. The minimum absolute atomic E-state index is 0.659. The molecule has 3 heterocycles. The minimum Gasteiger partial charge on any atom is -0.309 e. The van der Waals surface area contributed by atoms with Crippen molar-refractivity contribution in [2.24, 2.45) is 0 Å². The highest BCUT2D eigenvalue weighted by Gasteiger charge is 2.20. The molecule has 0 amide bonds. The third-order valence-corrected chi connectivity index (χ3v) is 10.3. The first-order chi connectivity index (χ1) is 24.8. The van der Waals surface area contributed by atoms with Crippen molar-refractivity contribution in [1.29, 1.82) is 0 Å². The van der Waals surface area contributed by atoms with E-state index >= 15 is 0 Å². The van der Waals surface area contributed by atoms with Crippen molar-refractivity contribution < 1.29 is 0 Å². The molecule has 0 aliphatic rings. The van der Waals surface area contributed by atoms with Gasteiger partial charge in [0.15, 0.2) is 0 Å². The molecule has 8 aromatic carbocycles. The van der Waals surface area contributed by atoms with Gasteiger partial charge in [-0.1, -0.05) is 121 Å². The van der Waals surface area contributed by atoms with Crippen LogP contribution in [0.15, 0.2) is 170 Å². The maximum atomic E-state index is 5.47. The monoisotopic (exact) mass is 636 g/mol. The number of hydrogen-bond acceptors (Lipinski definition) is 2. The van der Waals surface area contributed by atoms with Crippen LogP contribution in [0, 0.1) is 0 Å². The Morgan fingerprint density at radius 2 is 0.860 bits per heavy atom. The lowest BCUT2D eigenvalue weighted by Crippen LogP contribution is -2.04. The molecule has 0 atom stereocenters. The Bertz CT molecular complexity index is 3110. The van der Waals surface area contributed by atoms with E-state index in [1.54, 1.807) is 0 Å². The molecular formula is C46H28N4. The van der Waals surface area contributed by atoms with Crippen molar-refractivity contribution in [2.75, 3.05) is 0 Å². The topological polar surface area (TPSA) is 35.6 Å². The van der Waals surface area contributed by atoms with Crippen molar-refractivity contribution >= 4 is 76.1 Å². The molecule has 232 valence electrons. The summed E-state index contributed by atoms with van der Waals surface area (Å²) >= 11 is 0. The van der Waals surface area contributed by atoms with Crippen molar-refractivity contribution in [3.63, 3.8) is 0 Å². The smallest absolute Gasteiger partial charge is 0.235 e. The molecule has 0 aliphatic carbocycles. The fourth-order valence-corrected chi connectivity index (χ4v) is 8.14. The maximum Gasteiger partial charge on any atom is 0.235 e. The molecule has 50 heavy (non-hydrogen) atoms. The summed E-state index contributed by atoms with van der Waals surface area (Å²) in [6, 6.07) is 60.7. The number of benzene rings is 8. The quantitative estimate of drug-likeness (QED) is 0.181. The van der Waals surface area contributed by atoms with Gasteiger partial charge in [-0.2, -0.15) is 0 Å². The van der Waals surface area contributed by atoms with Gasteiger partial charge in [-0.05, 0) is 70.1 Å². The second-order valence-electron chi connectivity index (χ2n) is 13.0. The number of fused-ring (bicyclic) bond motifs is 10. The Labute approximate surface area is 287 Å². The molecule has 0 fully saturated rings. The maximum absolute atomic E-state index is 5.47. The fourth-order valence-electron chi connectivity index (χ4n) is 8.14. The van der Waals surface area contributed by atoms with Crippen LogP contribution in [0.4, 0.5) is 0 Å². The third-order valence-electron chi connectivity index (χ3n) is 10.3. The average Bonchev–Trinajstić information content (AvgIpc) is 3.70. The zero-order valence-electron chi connectivity index (χ0n) is 27.0. The van der Waals surface area contributed by atoms with Crippen LogP contribution in [-0.2, 0) is 0 Å². The SMILES string of the molecule is c1ccc2c(c1)cc(-c1nc(-n3c4ccccc4c4cc(-n5c6ccccc6c6ccccc65)ccc43)nc3ccccc13)c1ccccc12. The van der Waals surface area contributed by atoms with Crippen molar-refractivity contribution in [3.05, 3.63) is 170 Å². The number of para-hydroxylation sites is 4. The van der Waals surface area contributed by atoms with Gasteiger partial charge < -0.3 is 4.57 Å². The Morgan fingerprint density at radius 1 is 0.340 bits per heavy atom. The highest BCUT2D eigenvalue weighted by molar-refractivity contribution is 6.16. The van der Waals surface area contributed by atoms with Crippen LogP contribution in [0.5, 0.6) is 0 Å². The van der Waals surface area contributed by atoms with E-state index in [1.807, 2.05) is 0 Å². The molecule has 11 aromatic rings. The number of hydrogen-bond donors (Lipinski definition) is 0. The van der Waals surface area contributed by atoms with Crippen LogP contribution in [0.3, 0.4) is 0 Å². The summed E-state index contributed by atoms with van der Waals surface area (Å²) in [5.74, 6) is 0.659. The van der Waals surface area contributed by atoms with Gasteiger partial charge >= 0.3 is 0 Å². The second kappa shape index (κ2) is 10.4. The van der Waals surface area contributed by atoms with Crippen molar-refractivity contribution in [3.8, 4) is 22.9 Å². The second-order valence-corrected chi connectivity index (χ2v) is 13.0. The zero-order chi connectivity index (χ0) is 32.8. The Hall–Kier alpha value is -6.78. The van der Waals surface area contributed by atoms with Crippen LogP contribution >= 0.6 is 0 Å². The van der Waals surface area contributed by atoms with E-state index in [4.69, 9.17) is 9.97 Å². The molecular weight excluding hydrogens is 609 g/mol. The fraction of sp³-hybridized carbons (Fsp3) is 0. The summed E-state index contributed by atoms with van der Waals surface area (Å²) in [7, 11) is 0. The molecule has 0 saturated heterocycles. The van der Waals surface area contributed by atoms with E-state index in [2.05, 4.69) is 179 Å². The summed E-state index contributed by atoms with van der Waals surface area (Å²) in [6.45, 7) is 0. The summed E-state index contributed by atoms with van der Waals surface area (Å²) < 4.78 is 4.62. The molecule has 4 nitrogen and oxygen atoms in total. The third kappa shape index (κ3) is 3.81. The normalized spacial score (nSPS) is 12.0. The minimum atomic E-state index is 0.659. The lowest BCUT2D eigenvalue weighted by Gasteiger charge is -2.15. The molecule has 3 aromatic heterocycles. The van der Waals surface area contributed by atoms with Crippen LogP contribution in [-0.4, -0.2) is 19.1 Å². The standard InChI is InChI=1S/C46H28N4/c1-2-14-31-29(13-1)27-39(33-16-4-3-15-32(31)33)45-37-20-5-9-21-40(37)47-46(48-45)50-43-24-12-8-19-36(43)38-28-30(25-26-44(38)50)49-41-22-10-6-17-34(41)35-18-7-11-23-42(35)49/h1-28H. The first-order valence-corrected chi connectivity index (χ1v) is 17.0. The van der Waals surface area contributed by atoms with Gasteiger partial charge in [0, 0.05) is 38.2 Å². The van der Waals surface area contributed by atoms with Crippen LogP contribution in [0.25, 0.3) is 99.0 Å². The first kappa shape index (κ1) is 27.2. The summed E-state index contributed by atoms with van der Waals surface area (Å²) in [5.41, 5.74) is 8.61. The molecule has 0 unspecified atom stereocenters. The Kier molecular flexibility index (Phi) is 5.63. The summed E-state index contributed by atoms with van der Waals surface area (Å²) in [4.78, 5) is 10.7. The van der Waals surface area contributed by atoms with E-state index < -0.39 is 0 Å². The lowest BCUT2D eigenvalue weighted by molar-refractivity contribution is 1.01. The van der Waals surface area contributed by atoms with Crippen molar-refractivity contribution in [1.82, 2.24) is 19.1 Å². The Balaban J connectivity index is 1.20. The van der Waals surface area contributed by atoms with Gasteiger partial charge in [0.05, 0.1) is 33.3 Å². The number of rotatable bonds is 3. The number of nitrogens with zero attached hydrogens (tertiary/aromatic N) is 4. The lowest BCUT2D eigenvalue weighted by atomic mass is 9.94. The van der Waals surface area contributed by atoms with Gasteiger partial charge in [0.2, 0.25) is 5.95 Å². The summed E-state index contributed by atoms with van der Waals surface area (Å²) in [6.07, 6.45) is 0. The van der Waals surface area contributed by atoms with Gasteiger partial charge in [-0.15, -0.1) is 0 Å². The molecule has 4 heteroatoms. The van der Waals surface area contributed by atoms with E-state index in [-0.39, 0.29) is 0 Å². The molecule has 0 bridgehead atoms. The molecule has 0 N–H and O–H groups in total. The van der Waals surface area contributed by atoms with E-state index in [9.17, 15) is 0 Å². The molecule has 0 radical (unpaired) electrons. The largest absolute Gasteiger partial charge is 0.309 e. The van der Waals surface area contributed by atoms with Gasteiger partial charge in [-0.3, -0.25) is 4.57 Å². The van der Waals surface area contributed by atoms with Gasteiger partial charge in [-0.25, -0.2) is 9.97 Å².